The molecule has 148 valence electrons. The molecule has 0 aliphatic heterocycles. The zero-order valence-electron chi connectivity index (χ0n) is 16.7. The highest BCUT2D eigenvalue weighted by Crippen LogP contribution is 2.30. The number of benzene rings is 4. The smallest absolute Gasteiger partial charge is 0.130 e. The van der Waals surface area contributed by atoms with Gasteiger partial charge >= 0.3 is 0 Å². The predicted molar refractivity (Wildman–Crippen MR) is 130 cm³/mol. The van der Waals surface area contributed by atoms with E-state index in [0.717, 1.165) is 38.7 Å². The number of hydrogen-bond acceptors (Lipinski definition) is 2. The van der Waals surface area contributed by atoms with E-state index in [9.17, 15) is 10.2 Å². The second-order valence-corrected chi connectivity index (χ2v) is 7.91. The molecule has 0 radical (unpaired) electrons. The van der Waals surface area contributed by atoms with Gasteiger partial charge in [-0.05, 0) is 46.9 Å². The minimum absolute atomic E-state index is 0.259. The minimum atomic E-state index is 0.259. The van der Waals surface area contributed by atoms with Gasteiger partial charge in [-0.15, -0.1) is 9.24 Å². The third-order valence-electron chi connectivity index (χ3n) is 5.18. The molecule has 0 saturated heterocycles. The van der Waals surface area contributed by atoms with E-state index in [1.54, 1.807) is 12.1 Å². The Morgan fingerprint density at radius 1 is 0.633 bits per heavy atom. The summed E-state index contributed by atoms with van der Waals surface area (Å²) in [6.45, 7) is 2.07. The highest BCUT2D eigenvalue weighted by Gasteiger charge is 2.10. The van der Waals surface area contributed by atoms with Crippen LogP contribution in [0, 0.1) is 6.92 Å². The molecule has 2 nitrogen and oxygen atoms in total. The van der Waals surface area contributed by atoms with Crippen LogP contribution in [-0.2, 0) is 0 Å². The summed E-state index contributed by atoms with van der Waals surface area (Å²) in [7, 11) is 2.66. The standard InChI is InChI=1S/C27H23O2P/c1-18-2-4-19(5-3-18)6-7-23-14-17-25(27(30)26(23)29)22-10-8-20(9-11-22)21-12-15-24(28)16-13-21/h2-17,28-29H,30H2,1H3/b7-6+. The summed E-state index contributed by atoms with van der Waals surface area (Å²) in [6, 6.07) is 27.6. The second-order valence-electron chi connectivity index (χ2n) is 7.33. The Hall–Kier alpha value is -3.35. The Balaban J connectivity index is 1.60. The monoisotopic (exact) mass is 410 g/mol. The van der Waals surface area contributed by atoms with Gasteiger partial charge in [-0.3, -0.25) is 0 Å². The number of aromatic hydroxyl groups is 2. The summed E-state index contributed by atoms with van der Waals surface area (Å²) in [5, 5.41) is 21.0. The minimum Gasteiger partial charge on any atom is -0.508 e. The lowest BCUT2D eigenvalue weighted by molar-refractivity contribution is 0.475. The van der Waals surface area contributed by atoms with Crippen molar-refractivity contribution in [3.63, 3.8) is 0 Å². The van der Waals surface area contributed by atoms with Crippen LogP contribution < -0.4 is 5.30 Å². The van der Waals surface area contributed by atoms with E-state index in [1.807, 2.05) is 60.7 Å². The predicted octanol–water partition coefficient (Wildman–Crippen LogP) is 6.41. The van der Waals surface area contributed by atoms with Crippen molar-refractivity contribution in [3.05, 3.63) is 102 Å². The van der Waals surface area contributed by atoms with Gasteiger partial charge in [-0.1, -0.05) is 90.5 Å². The molecule has 0 fully saturated rings. The quantitative estimate of drug-likeness (QED) is 0.301. The van der Waals surface area contributed by atoms with Gasteiger partial charge in [-0.25, -0.2) is 0 Å². The highest BCUT2D eigenvalue weighted by molar-refractivity contribution is 7.28. The van der Waals surface area contributed by atoms with Crippen molar-refractivity contribution in [1.29, 1.82) is 0 Å². The molecule has 1 unspecified atom stereocenters. The van der Waals surface area contributed by atoms with Crippen molar-refractivity contribution in [2.75, 3.05) is 0 Å². The first-order valence-electron chi connectivity index (χ1n) is 9.77. The summed E-state index contributed by atoms with van der Waals surface area (Å²) in [4.78, 5) is 0. The zero-order chi connectivity index (χ0) is 21.1. The molecule has 3 heteroatoms. The first-order valence-corrected chi connectivity index (χ1v) is 10.3. The lowest BCUT2D eigenvalue weighted by Crippen LogP contribution is -1.99. The largest absolute Gasteiger partial charge is 0.508 e. The molecular weight excluding hydrogens is 387 g/mol. The van der Waals surface area contributed by atoms with E-state index in [1.165, 1.54) is 5.56 Å². The molecule has 0 saturated carbocycles. The second kappa shape index (κ2) is 8.57. The first-order chi connectivity index (χ1) is 14.5. The Morgan fingerprint density at radius 2 is 1.20 bits per heavy atom. The van der Waals surface area contributed by atoms with E-state index in [4.69, 9.17) is 0 Å². The molecule has 1 atom stereocenters. The number of hydrogen-bond donors (Lipinski definition) is 2. The number of phenols is 2. The summed E-state index contributed by atoms with van der Waals surface area (Å²) in [5.41, 5.74) is 7.23. The van der Waals surface area contributed by atoms with Gasteiger partial charge in [0.25, 0.3) is 0 Å². The van der Waals surface area contributed by atoms with Crippen LogP contribution in [0.15, 0.2) is 84.9 Å². The van der Waals surface area contributed by atoms with E-state index in [2.05, 4.69) is 40.4 Å². The van der Waals surface area contributed by atoms with Gasteiger partial charge in [0.2, 0.25) is 0 Å². The average Bonchev–Trinajstić information content (AvgIpc) is 2.77. The van der Waals surface area contributed by atoms with Crippen LogP contribution in [0.3, 0.4) is 0 Å². The van der Waals surface area contributed by atoms with Gasteiger partial charge in [0.15, 0.2) is 0 Å². The fraction of sp³-hybridized carbons (Fsp3) is 0.0370. The summed E-state index contributed by atoms with van der Waals surface area (Å²) >= 11 is 0. The van der Waals surface area contributed by atoms with Crippen LogP contribution >= 0.6 is 9.24 Å². The highest BCUT2D eigenvalue weighted by atomic mass is 31.0. The van der Waals surface area contributed by atoms with Crippen molar-refractivity contribution in [2.45, 2.75) is 6.92 Å². The van der Waals surface area contributed by atoms with E-state index < -0.39 is 0 Å². The van der Waals surface area contributed by atoms with Crippen LogP contribution in [0.1, 0.15) is 16.7 Å². The Labute approximate surface area is 179 Å². The van der Waals surface area contributed by atoms with Gasteiger partial charge < -0.3 is 10.2 Å². The molecule has 0 bridgehead atoms. The Morgan fingerprint density at radius 3 is 1.83 bits per heavy atom. The summed E-state index contributed by atoms with van der Waals surface area (Å²) in [6.07, 6.45) is 3.94. The van der Waals surface area contributed by atoms with Gasteiger partial charge in [0.05, 0.1) is 0 Å². The third kappa shape index (κ3) is 4.30. The third-order valence-corrected chi connectivity index (χ3v) is 5.76. The molecule has 2 N–H and O–H groups in total. The Bertz CT molecular complexity index is 1190. The fourth-order valence-corrected chi connectivity index (χ4v) is 3.80. The topological polar surface area (TPSA) is 40.5 Å². The van der Waals surface area contributed by atoms with Crippen molar-refractivity contribution >= 4 is 26.7 Å². The van der Waals surface area contributed by atoms with Crippen molar-refractivity contribution in [1.82, 2.24) is 0 Å². The molecule has 0 amide bonds. The van der Waals surface area contributed by atoms with Gasteiger partial charge in [0, 0.05) is 10.9 Å². The van der Waals surface area contributed by atoms with Crippen molar-refractivity contribution < 1.29 is 10.2 Å². The SMILES string of the molecule is Cc1ccc(/C=C/c2ccc(-c3ccc(-c4ccc(O)cc4)cc3)c(P)c2O)cc1. The maximum Gasteiger partial charge on any atom is 0.130 e. The van der Waals surface area contributed by atoms with Crippen LogP contribution in [0.25, 0.3) is 34.4 Å². The zero-order valence-corrected chi connectivity index (χ0v) is 17.9. The van der Waals surface area contributed by atoms with Crippen LogP contribution in [0.2, 0.25) is 0 Å². The number of phenolic OH excluding ortho intramolecular Hbond substituents is 2. The lowest BCUT2D eigenvalue weighted by atomic mass is 9.98. The van der Waals surface area contributed by atoms with Crippen LogP contribution in [0.5, 0.6) is 11.5 Å². The first kappa shape index (κ1) is 19.9. The molecule has 0 spiro atoms. The van der Waals surface area contributed by atoms with E-state index >= 15 is 0 Å². The number of aryl methyl sites for hydroxylation is 1. The van der Waals surface area contributed by atoms with E-state index in [0.29, 0.717) is 0 Å². The number of rotatable bonds is 4. The van der Waals surface area contributed by atoms with Crippen LogP contribution in [-0.4, -0.2) is 10.2 Å². The van der Waals surface area contributed by atoms with E-state index in [-0.39, 0.29) is 11.5 Å². The molecule has 0 aliphatic rings. The maximum atomic E-state index is 10.7. The molecular formula is C27H23O2P. The fourth-order valence-electron chi connectivity index (χ4n) is 3.37. The molecule has 0 heterocycles. The lowest BCUT2D eigenvalue weighted by Gasteiger charge is -2.11. The van der Waals surface area contributed by atoms with Crippen molar-refractivity contribution in [3.8, 4) is 33.8 Å². The average molecular weight is 410 g/mol. The molecule has 4 aromatic rings. The molecule has 0 aliphatic carbocycles. The Kier molecular flexibility index (Phi) is 5.70. The summed E-state index contributed by atoms with van der Waals surface area (Å²) < 4.78 is 0. The van der Waals surface area contributed by atoms with Crippen LogP contribution in [0.4, 0.5) is 0 Å². The molecule has 30 heavy (non-hydrogen) atoms. The normalized spacial score (nSPS) is 11.1. The van der Waals surface area contributed by atoms with Gasteiger partial charge in [-0.2, -0.15) is 0 Å². The molecule has 0 aromatic heterocycles. The van der Waals surface area contributed by atoms with Gasteiger partial charge in [0.1, 0.15) is 11.5 Å². The maximum absolute atomic E-state index is 10.7. The van der Waals surface area contributed by atoms with Crippen molar-refractivity contribution in [2.24, 2.45) is 0 Å². The molecule has 4 rings (SSSR count). The molecule has 4 aromatic carbocycles. The summed E-state index contributed by atoms with van der Waals surface area (Å²) in [5.74, 6) is 0.526.